The molecule has 0 aromatic carbocycles. The number of hydrogen-bond acceptors (Lipinski definition) is 5. The maximum Gasteiger partial charge on any atom is 0.327 e. The summed E-state index contributed by atoms with van der Waals surface area (Å²) in [5.41, 5.74) is 0.470. The summed E-state index contributed by atoms with van der Waals surface area (Å²) in [5.74, 6) is 0.267. The van der Waals surface area contributed by atoms with Gasteiger partial charge in [-0.05, 0) is 39.0 Å². The van der Waals surface area contributed by atoms with Gasteiger partial charge in [-0.2, -0.15) is 0 Å². The molecule has 2 aliphatic rings. The van der Waals surface area contributed by atoms with Crippen LogP contribution in [0, 0.1) is 5.92 Å². The Kier molecular flexibility index (Phi) is 5.58. The Morgan fingerprint density at radius 3 is 2.56 bits per heavy atom. The number of nitrogens with zero attached hydrogens (tertiary/aromatic N) is 4. The summed E-state index contributed by atoms with van der Waals surface area (Å²) < 4.78 is 5.39. The summed E-state index contributed by atoms with van der Waals surface area (Å²) in [6.07, 6.45) is 7.16. The van der Waals surface area contributed by atoms with E-state index >= 15 is 0 Å². The molecule has 0 atom stereocenters. The predicted molar refractivity (Wildman–Crippen MR) is 103 cm³/mol. The maximum absolute atomic E-state index is 13.3. The van der Waals surface area contributed by atoms with Crippen LogP contribution in [-0.4, -0.2) is 58.4 Å². The minimum Gasteiger partial charge on any atom is -0.432 e. The van der Waals surface area contributed by atoms with Crippen LogP contribution in [0.15, 0.2) is 28.5 Å². The van der Waals surface area contributed by atoms with Gasteiger partial charge in [0, 0.05) is 26.2 Å². The predicted octanol–water partition coefficient (Wildman–Crippen LogP) is 3.29. The molecule has 0 radical (unpaired) electrons. The molecular weight excluding hydrogens is 344 g/mol. The number of carbonyl (C=O) groups excluding carboxylic acids is 2. The lowest BCUT2D eigenvalue weighted by molar-refractivity contribution is -0.134. The summed E-state index contributed by atoms with van der Waals surface area (Å²) in [6, 6.07) is 0.442. The third kappa shape index (κ3) is 3.73. The summed E-state index contributed by atoms with van der Waals surface area (Å²) >= 11 is 0. The van der Waals surface area contributed by atoms with Gasteiger partial charge in [-0.15, -0.1) is 0 Å². The Morgan fingerprint density at radius 2 is 2.00 bits per heavy atom. The second-order valence-corrected chi connectivity index (χ2v) is 8.15. The van der Waals surface area contributed by atoms with E-state index in [0.717, 1.165) is 0 Å². The van der Waals surface area contributed by atoms with E-state index in [9.17, 15) is 9.59 Å². The lowest BCUT2D eigenvalue weighted by Gasteiger charge is -2.42. The standard InChI is InChI=1S/C20H30N4O3/c1-15(2)6-5-10-23-17(25)20(24(19(23)26)14-16(3)4)7-11-22(12-8-20)18-21-9-13-27-18/h6,9,13,16H,5,7-8,10-12,14H2,1-4H3. The third-order valence-corrected chi connectivity index (χ3v) is 5.36. The molecule has 3 amide bonds. The normalized spacial score (nSPS) is 19.5. The highest BCUT2D eigenvalue weighted by molar-refractivity contribution is 6.07. The first-order valence-corrected chi connectivity index (χ1v) is 9.76. The number of amides is 3. The van der Waals surface area contributed by atoms with Crippen molar-refractivity contribution in [3.63, 3.8) is 0 Å². The molecule has 1 aromatic heterocycles. The Bertz CT molecular complexity index is 699. The number of urea groups is 1. The average molecular weight is 374 g/mol. The fraction of sp³-hybridized carbons (Fsp3) is 0.650. The van der Waals surface area contributed by atoms with Crippen molar-refractivity contribution in [2.45, 2.75) is 52.5 Å². The maximum atomic E-state index is 13.3. The molecule has 0 unspecified atom stereocenters. The topological polar surface area (TPSA) is 69.9 Å². The number of hydrogen-bond donors (Lipinski definition) is 0. The van der Waals surface area contributed by atoms with Crippen LogP contribution in [0.25, 0.3) is 0 Å². The van der Waals surface area contributed by atoms with Crippen molar-refractivity contribution >= 4 is 18.0 Å². The molecule has 27 heavy (non-hydrogen) atoms. The molecular formula is C20H30N4O3. The summed E-state index contributed by atoms with van der Waals surface area (Å²) in [5, 5.41) is 0. The van der Waals surface area contributed by atoms with E-state index in [4.69, 9.17) is 4.42 Å². The summed E-state index contributed by atoms with van der Waals surface area (Å²) in [4.78, 5) is 36.0. The molecule has 2 aliphatic heterocycles. The zero-order valence-electron chi connectivity index (χ0n) is 16.8. The van der Waals surface area contributed by atoms with Gasteiger partial charge < -0.3 is 14.2 Å². The average Bonchev–Trinajstić information content (AvgIpc) is 3.21. The van der Waals surface area contributed by atoms with E-state index in [2.05, 4.69) is 24.9 Å². The molecule has 0 bridgehead atoms. The van der Waals surface area contributed by atoms with Crippen molar-refractivity contribution in [2.24, 2.45) is 5.92 Å². The quantitative estimate of drug-likeness (QED) is 0.564. The molecule has 2 saturated heterocycles. The van der Waals surface area contributed by atoms with Crippen molar-refractivity contribution in [1.82, 2.24) is 14.8 Å². The zero-order valence-corrected chi connectivity index (χ0v) is 16.8. The van der Waals surface area contributed by atoms with Gasteiger partial charge in [0.05, 0.1) is 6.20 Å². The Hall–Kier alpha value is -2.31. The SMILES string of the molecule is CC(C)=CCCN1C(=O)N(CC(C)C)C2(CCN(c3ncco3)CC2)C1=O. The molecule has 3 heterocycles. The van der Waals surface area contributed by atoms with Gasteiger partial charge in [0.2, 0.25) is 0 Å². The van der Waals surface area contributed by atoms with E-state index in [1.54, 1.807) is 12.5 Å². The number of piperidine rings is 1. The van der Waals surface area contributed by atoms with Crippen molar-refractivity contribution in [2.75, 3.05) is 31.1 Å². The van der Waals surface area contributed by atoms with Gasteiger partial charge in [-0.25, -0.2) is 9.78 Å². The number of anilines is 1. The van der Waals surface area contributed by atoms with Crippen molar-refractivity contribution < 1.29 is 14.0 Å². The van der Waals surface area contributed by atoms with Crippen LogP contribution in [0.3, 0.4) is 0 Å². The van der Waals surface area contributed by atoms with E-state index < -0.39 is 5.54 Å². The fourth-order valence-electron chi connectivity index (χ4n) is 4.00. The molecule has 0 N–H and O–H groups in total. The van der Waals surface area contributed by atoms with Crippen LogP contribution in [0.2, 0.25) is 0 Å². The van der Waals surface area contributed by atoms with Gasteiger partial charge in [-0.3, -0.25) is 9.69 Å². The molecule has 3 rings (SSSR count). The van der Waals surface area contributed by atoms with E-state index in [1.807, 2.05) is 23.6 Å². The first-order valence-electron chi connectivity index (χ1n) is 9.76. The number of carbonyl (C=O) groups is 2. The zero-order chi connectivity index (χ0) is 19.6. The summed E-state index contributed by atoms with van der Waals surface area (Å²) in [6.45, 7) is 10.6. The second kappa shape index (κ2) is 7.74. The second-order valence-electron chi connectivity index (χ2n) is 8.15. The van der Waals surface area contributed by atoms with Crippen LogP contribution in [0.5, 0.6) is 0 Å². The summed E-state index contributed by atoms with van der Waals surface area (Å²) in [7, 11) is 0. The number of oxazole rings is 1. The monoisotopic (exact) mass is 374 g/mol. The first-order chi connectivity index (χ1) is 12.8. The number of aromatic nitrogens is 1. The van der Waals surface area contributed by atoms with Crippen LogP contribution in [0.4, 0.5) is 10.8 Å². The molecule has 148 valence electrons. The van der Waals surface area contributed by atoms with Gasteiger partial charge >= 0.3 is 6.03 Å². The fourth-order valence-corrected chi connectivity index (χ4v) is 4.00. The highest BCUT2D eigenvalue weighted by Crippen LogP contribution is 2.38. The first kappa shape index (κ1) is 19.5. The number of allylic oxidation sites excluding steroid dienone is 1. The third-order valence-electron chi connectivity index (χ3n) is 5.36. The van der Waals surface area contributed by atoms with Crippen LogP contribution >= 0.6 is 0 Å². The number of rotatable bonds is 6. The molecule has 1 aromatic rings. The van der Waals surface area contributed by atoms with Gasteiger partial charge in [0.1, 0.15) is 11.8 Å². The molecule has 7 nitrogen and oxygen atoms in total. The Labute approximate surface area is 161 Å². The van der Waals surface area contributed by atoms with Crippen LogP contribution < -0.4 is 4.90 Å². The smallest absolute Gasteiger partial charge is 0.327 e. The van der Waals surface area contributed by atoms with Crippen molar-refractivity contribution in [3.8, 4) is 0 Å². The molecule has 0 saturated carbocycles. The van der Waals surface area contributed by atoms with Gasteiger partial charge in [-0.1, -0.05) is 25.5 Å². The Morgan fingerprint density at radius 1 is 1.30 bits per heavy atom. The van der Waals surface area contributed by atoms with Crippen LogP contribution in [0.1, 0.15) is 47.0 Å². The minimum atomic E-state index is -0.727. The molecule has 7 heteroatoms. The van der Waals surface area contributed by atoms with E-state index in [1.165, 1.54) is 10.5 Å². The highest BCUT2D eigenvalue weighted by atomic mass is 16.4. The van der Waals surface area contributed by atoms with Gasteiger partial charge in [0.15, 0.2) is 0 Å². The highest BCUT2D eigenvalue weighted by Gasteiger charge is 2.57. The van der Waals surface area contributed by atoms with Crippen molar-refractivity contribution in [3.05, 3.63) is 24.1 Å². The lowest BCUT2D eigenvalue weighted by atomic mass is 9.85. The molecule has 0 aliphatic carbocycles. The Balaban J connectivity index is 1.79. The molecule has 1 spiro atoms. The minimum absolute atomic E-state index is 0.0395. The lowest BCUT2D eigenvalue weighted by Crippen LogP contribution is -2.57. The van der Waals surface area contributed by atoms with E-state index in [-0.39, 0.29) is 11.9 Å². The largest absolute Gasteiger partial charge is 0.432 e. The van der Waals surface area contributed by atoms with E-state index in [0.29, 0.717) is 57.4 Å². The molecule has 2 fully saturated rings. The van der Waals surface area contributed by atoms with Crippen LogP contribution in [-0.2, 0) is 4.79 Å². The number of imide groups is 1. The van der Waals surface area contributed by atoms with Crippen molar-refractivity contribution in [1.29, 1.82) is 0 Å². The van der Waals surface area contributed by atoms with Gasteiger partial charge in [0.25, 0.3) is 11.9 Å².